The highest BCUT2D eigenvalue weighted by molar-refractivity contribution is 7.11. The van der Waals surface area contributed by atoms with Crippen LogP contribution >= 0.6 is 11.3 Å². The molecule has 0 saturated carbocycles. The molecule has 0 aliphatic rings. The third-order valence-corrected chi connectivity index (χ3v) is 4.40. The Labute approximate surface area is 136 Å². The van der Waals surface area contributed by atoms with Crippen LogP contribution < -0.4 is 10.4 Å². The third kappa shape index (κ3) is 2.39. The molecule has 2 aromatic heterocycles. The predicted molar refractivity (Wildman–Crippen MR) is 92.3 cm³/mol. The highest BCUT2D eigenvalue weighted by Gasteiger charge is 2.13. The Kier molecular flexibility index (Phi) is 3.35. The van der Waals surface area contributed by atoms with Crippen LogP contribution in [0.3, 0.4) is 0 Å². The molecular weight excluding hydrogens is 310 g/mol. The van der Waals surface area contributed by atoms with Crippen molar-refractivity contribution in [2.45, 2.75) is 6.92 Å². The summed E-state index contributed by atoms with van der Waals surface area (Å²) in [5.41, 5.74) is 1.26. The van der Waals surface area contributed by atoms with Crippen LogP contribution in [-0.2, 0) is 0 Å². The van der Waals surface area contributed by atoms with Gasteiger partial charge in [0.2, 0.25) is 0 Å². The Morgan fingerprint density at radius 1 is 1.17 bits per heavy atom. The molecule has 0 radical (unpaired) electrons. The van der Waals surface area contributed by atoms with Crippen molar-refractivity contribution >= 4 is 33.1 Å². The molecule has 0 aliphatic heterocycles. The zero-order valence-corrected chi connectivity index (χ0v) is 13.2. The minimum absolute atomic E-state index is 0.387. The molecule has 0 fully saturated rings. The summed E-state index contributed by atoms with van der Waals surface area (Å²) in [4.78, 5) is 16.7. The molecule has 2 heterocycles. The van der Waals surface area contributed by atoms with E-state index < -0.39 is 0 Å². The summed E-state index contributed by atoms with van der Waals surface area (Å²) in [6, 6.07) is 13.7. The molecular formula is C18H13NO3S. The van der Waals surface area contributed by atoms with E-state index in [-0.39, 0.29) is 5.63 Å². The topological polar surface area (TPSA) is 52.3 Å². The highest BCUT2D eigenvalue weighted by atomic mass is 32.1. The Morgan fingerprint density at radius 2 is 2.00 bits per heavy atom. The number of benzene rings is 2. The van der Waals surface area contributed by atoms with Crippen molar-refractivity contribution in [1.82, 2.24) is 4.98 Å². The van der Waals surface area contributed by atoms with E-state index in [2.05, 4.69) is 4.98 Å². The van der Waals surface area contributed by atoms with E-state index in [4.69, 9.17) is 9.15 Å². The fraction of sp³-hybridized carbons (Fsp3) is 0.111. The summed E-state index contributed by atoms with van der Waals surface area (Å²) in [5.74, 6) is 0. The molecule has 114 valence electrons. The Morgan fingerprint density at radius 3 is 2.87 bits per heavy atom. The molecule has 0 aliphatic carbocycles. The number of hydrogen-bond donors (Lipinski definition) is 0. The summed E-state index contributed by atoms with van der Waals surface area (Å²) >= 11 is 1.37. The number of aromatic nitrogens is 1. The lowest BCUT2D eigenvalue weighted by atomic mass is 10.1. The maximum absolute atomic E-state index is 12.4. The second-order valence-electron chi connectivity index (χ2n) is 5.08. The first-order valence-electron chi connectivity index (χ1n) is 7.30. The van der Waals surface area contributed by atoms with Gasteiger partial charge in [-0.3, -0.25) is 0 Å². The molecule has 0 bridgehead atoms. The molecule has 0 unspecified atom stereocenters. The molecule has 23 heavy (non-hydrogen) atoms. The first kappa shape index (κ1) is 14.0. The quantitative estimate of drug-likeness (QED) is 0.412. The average Bonchev–Trinajstić information content (AvgIpc) is 3.03. The van der Waals surface area contributed by atoms with Crippen molar-refractivity contribution < 1.29 is 9.15 Å². The van der Waals surface area contributed by atoms with Crippen molar-refractivity contribution in [1.29, 1.82) is 0 Å². The van der Waals surface area contributed by atoms with Gasteiger partial charge in [-0.2, -0.15) is 0 Å². The van der Waals surface area contributed by atoms with Gasteiger partial charge >= 0.3 is 5.63 Å². The molecule has 0 spiro atoms. The van der Waals surface area contributed by atoms with E-state index in [1.54, 1.807) is 0 Å². The van der Waals surface area contributed by atoms with Crippen molar-refractivity contribution in [3.05, 3.63) is 58.3 Å². The normalized spacial score (nSPS) is 11.2. The zero-order valence-electron chi connectivity index (χ0n) is 12.4. The summed E-state index contributed by atoms with van der Waals surface area (Å²) < 4.78 is 11.0. The van der Waals surface area contributed by atoms with Gasteiger partial charge in [-0.05, 0) is 18.4 Å². The van der Waals surface area contributed by atoms with Crippen LogP contribution in [0.25, 0.3) is 33.0 Å². The summed E-state index contributed by atoms with van der Waals surface area (Å²) in [5, 5.41) is 5.22. The molecule has 5 heteroatoms. The van der Waals surface area contributed by atoms with E-state index in [1.807, 2.05) is 54.8 Å². The van der Waals surface area contributed by atoms with Gasteiger partial charge in [-0.25, -0.2) is 9.78 Å². The molecule has 4 nitrogen and oxygen atoms in total. The standard InChI is InChI=1S/C18H13NO3S/c1-2-21-18-19-15(10-23-18)14-9-12-8-7-11-5-3-4-6-13(11)16(12)22-17(14)20/h3-10H,2H2,1H3. The number of ether oxygens (including phenoxy) is 1. The smallest absolute Gasteiger partial charge is 0.345 e. The lowest BCUT2D eigenvalue weighted by molar-refractivity contribution is 0.338. The largest absolute Gasteiger partial charge is 0.470 e. The fourth-order valence-electron chi connectivity index (χ4n) is 2.60. The third-order valence-electron chi connectivity index (χ3n) is 3.65. The van der Waals surface area contributed by atoms with Crippen LogP contribution in [0.1, 0.15) is 6.92 Å². The Bertz CT molecular complexity index is 1060. The second-order valence-corrected chi connectivity index (χ2v) is 5.90. The predicted octanol–water partition coefficient (Wildman–Crippen LogP) is 4.47. The monoisotopic (exact) mass is 323 g/mol. The molecule has 4 rings (SSSR count). The summed E-state index contributed by atoms with van der Waals surface area (Å²) in [6.07, 6.45) is 0. The highest BCUT2D eigenvalue weighted by Crippen LogP contribution is 2.29. The van der Waals surface area contributed by atoms with E-state index in [9.17, 15) is 4.79 Å². The minimum atomic E-state index is -0.387. The van der Waals surface area contributed by atoms with E-state index in [1.165, 1.54) is 11.3 Å². The minimum Gasteiger partial charge on any atom is -0.470 e. The molecule has 0 amide bonds. The van der Waals surface area contributed by atoms with Crippen molar-refractivity contribution in [2.75, 3.05) is 6.61 Å². The van der Waals surface area contributed by atoms with Crippen LogP contribution in [-0.4, -0.2) is 11.6 Å². The van der Waals surface area contributed by atoms with Crippen molar-refractivity contribution in [3.8, 4) is 16.5 Å². The molecule has 0 N–H and O–H groups in total. The Hall–Kier alpha value is -2.66. The molecule has 0 saturated heterocycles. The maximum atomic E-state index is 12.4. The lowest BCUT2D eigenvalue weighted by Crippen LogP contribution is -2.03. The number of fused-ring (bicyclic) bond motifs is 3. The SMILES string of the molecule is CCOc1nc(-c2cc3ccc4ccccc4c3oc2=O)cs1. The van der Waals surface area contributed by atoms with Crippen molar-refractivity contribution in [2.24, 2.45) is 0 Å². The number of hydrogen-bond acceptors (Lipinski definition) is 5. The van der Waals surface area contributed by atoms with Gasteiger partial charge in [0.15, 0.2) is 0 Å². The van der Waals surface area contributed by atoms with Crippen LogP contribution in [0.15, 0.2) is 57.1 Å². The van der Waals surface area contributed by atoms with Crippen LogP contribution in [0.2, 0.25) is 0 Å². The number of rotatable bonds is 3. The number of nitrogens with zero attached hydrogens (tertiary/aromatic N) is 1. The van der Waals surface area contributed by atoms with Gasteiger partial charge in [0.05, 0.1) is 17.9 Å². The van der Waals surface area contributed by atoms with Gasteiger partial charge in [0.1, 0.15) is 5.58 Å². The molecule has 2 aromatic carbocycles. The Balaban J connectivity index is 1.93. The van der Waals surface area contributed by atoms with Gasteiger partial charge in [0.25, 0.3) is 5.19 Å². The average molecular weight is 323 g/mol. The summed E-state index contributed by atoms with van der Waals surface area (Å²) in [6.45, 7) is 2.45. The van der Waals surface area contributed by atoms with Crippen LogP contribution in [0.4, 0.5) is 0 Å². The maximum Gasteiger partial charge on any atom is 0.345 e. The van der Waals surface area contributed by atoms with Gasteiger partial charge in [-0.1, -0.05) is 47.7 Å². The number of thiazole rings is 1. The first-order chi connectivity index (χ1) is 11.3. The lowest BCUT2D eigenvalue weighted by Gasteiger charge is -2.04. The van der Waals surface area contributed by atoms with Crippen LogP contribution in [0.5, 0.6) is 5.19 Å². The second kappa shape index (κ2) is 5.52. The van der Waals surface area contributed by atoms with Crippen LogP contribution in [0, 0.1) is 0 Å². The zero-order chi connectivity index (χ0) is 15.8. The van der Waals surface area contributed by atoms with E-state index in [0.29, 0.717) is 28.6 Å². The molecule has 0 atom stereocenters. The molecule has 4 aromatic rings. The van der Waals surface area contributed by atoms with Gasteiger partial charge < -0.3 is 9.15 Å². The van der Waals surface area contributed by atoms with Gasteiger partial charge in [-0.15, -0.1) is 0 Å². The van der Waals surface area contributed by atoms with Gasteiger partial charge in [0, 0.05) is 16.2 Å². The van der Waals surface area contributed by atoms with Crippen molar-refractivity contribution in [3.63, 3.8) is 0 Å². The summed E-state index contributed by atoms with van der Waals surface area (Å²) in [7, 11) is 0. The first-order valence-corrected chi connectivity index (χ1v) is 8.18. The van der Waals surface area contributed by atoms with E-state index in [0.717, 1.165) is 16.2 Å². The fourth-order valence-corrected chi connectivity index (χ4v) is 3.33. The van der Waals surface area contributed by atoms with E-state index >= 15 is 0 Å².